The van der Waals surface area contributed by atoms with Gasteiger partial charge in [-0.15, -0.1) is 0 Å². The van der Waals surface area contributed by atoms with Crippen LogP contribution in [-0.4, -0.2) is 14.1 Å². The Morgan fingerprint density at radius 3 is 1.45 bits per heavy atom. The summed E-state index contributed by atoms with van der Waals surface area (Å²) in [6.07, 6.45) is 3.74. The topological polar surface area (TPSA) is 94.1 Å². The average molecular weight is 713 g/mol. The van der Waals surface area contributed by atoms with Gasteiger partial charge in [0.15, 0.2) is 0 Å². The number of nitriles is 3. The Hall–Kier alpha value is -8.24. The van der Waals surface area contributed by atoms with E-state index in [0.29, 0.717) is 16.7 Å². The number of fused-ring (bicyclic) bond motifs is 6. The Kier molecular flexibility index (Phi) is 7.53. The molecule has 0 bridgehead atoms. The van der Waals surface area contributed by atoms with Gasteiger partial charge in [-0.3, -0.25) is 4.98 Å². The van der Waals surface area contributed by atoms with E-state index in [1.54, 1.807) is 0 Å². The normalized spacial score (nSPS) is 11.2. The monoisotopic (exact) mass is 712 g/mol. The van der Waals surface area contributed by atoms with Crippen LogP contribution in [0.4, 0.5) is 0 Å². The Morgan fingerprint density at radius 1 is 0.375 bits per heavy atom. The molecular formula is C50H28N6. The van der Waals surface area contributed by atoms with Gasteiger partial charge in [-0.2, -0.15) is 15.8 Å². The number of para-hydroxylation sites is 2. The SMILES string of the molecule is N#Cc1cccc(-c2ccc3c(c2)c2ccccc2n3-c2ccncc2-c2ccc(C#N)cc2-n2c3ccccc3c3cc(-c4cccc(C#N)c4)ccc32)c1. The van der Waals surface area contributed by atoms with Gasteiger partial charge in [-0.25, -0.2) is 0 Å². The predicted octanol–water partition coefficient (Wildman–Crippen LogP) is 11.9. The van der Waals surface area contributed by atoms with Crippen molar-refractivity contribution in [3.63, 3.8) is 0 Å². The molecule has 0 aliphatic rings. The van der Waals surface area contributed by atoms with Crippen molar-refractivity contribution in [1.29, 1.82) is 15.8 Å². The molecule has 0 saturated heterocycles. The largest absolute Gasteiger partial charge is 0.309 e. The highest BCUT2D eigenvalue weighted by Gasteiger charge is 2.21. The number of pyridine rings is 1. The van der Waals surface area contributed by atoms with Crippen molar-refractivity contribution in [2.24, 2.45) is 0 Å². The van der Waals surface area contributed by atoms with Gasteiger partial charge in [0.2, 0.25) is 0 Å². The summed E-state index contributed by atoms with van der Waals surface area (Å²) in [6.45, 7) is 0. The number of aromatic nitrogens is 3. The fraction of sp³-hybridized carbons (Fsp3) is 0. The fourth-order valence-electron chi connectivity index (χ4n) is 8.16. The lowest BCUT2D eigenvalue weighted by Crippen LogP contribution is -2.02. The molecule has 0 fully saturated rings. The number of benzene rings is 7. The van der Waals surface area contributed by atoms with Gasteiger partial charge in [0.05, 0.1) is 68.3 Å². The third-order valence-electron chi connectivity index (χ3n) is 10.7. The summed E-state index contributed by atoms with van der Waals surface area (Å²) in [5, 5.41) is 33.7. The van der Waals surface area contributed by atoms with Crippen LogP contribution >= 0.6 is 0 Å². The number of rotatable bonds is 5. The van der Waals surface area contributed by atoms with Crippen LogP contribution in [-0.2, 0) is 0 Å². The summed E-state index contributed by atoms with van der Waals surface area (Å²) < 4.78 is 4.55. The maximum atomic E-state index is 10.2. The van der Waals surface area contributed by atoms with E-state index < -0.39 is 0 Å². The summed E-state index contributed by atoms with van der Waals surface area (Å²) in [5.41, 5.74) is 13.6. The molecule has 0 saturated carbocycles. The minimum Gasteiger partial charge on any atom is -0.309 e. The molecule has 10 aromatic rings. The van der Waals surface area contributed by atoms with E-state index in [2.05, 4.69) is 117 Å². The number of nitrogens with zero attached hydrogens (tertiary/aromatic N) is 6. The summed E-state index contributed by atoms with van der Waals surface area (Å²) >= 11 is 0. The zero-order chi connectivity index (χ0) is 37.8. The second-order valence-corrected chi connectivity index (χ2v) is 13.8. The first kappa shape index (κ1) is 32.4. The van der Waals surface area contributed by atoms with Crippen LogP contribution in [0.15, 0.2) is 170 Å². The third-order valence-corrected chi connectivity index (χ3v) is 10.7. The van der Waals surface area contributed by atoms with E-state index in [9.17, 15) is 15.8 Å². The molecule has 0 radical (unpaired) electrons. The van der Waals surface area contributed by atoms with Gasteiger partial charge in [0, 0.05) is 45.1 Å². The molecule has 0 N–H and O–H groups in total. The molecule has 0 spiro atoms. The average Bonchev–Trinajstić information content (AvgIpc) is 3.78. The maximum absolute atomic E-state index is 10.2. The van der Waals surface area contributed by atoms with Crippen LogP contribution < -0.4 is 0 Å². The van der Waals surface area contributed by atoms with E-state index in [4.69, 9.17) is 0 Å². The molecule has 0 atom stereocenters. The van der Waals surface area contributed by atoms with Crippen LogP contribution in [0.3, 0.4) is 0 Å². The van der Waals surface area contributed by atoms with Crippen molar-refractivity contribution in [3.05, 3.63) is 187 Å². The molecule has 10 rings (SSSR count). The molecule has 0 aliphatic carbocycles. The maximum Gasteiger partial charge on any atom is 0.0992 e. The third kappa shape index (κ3) is 5.12. The first-order valence-electron chi connectivity index (χ1n) is 18.2. The van der Waals surface area contributed by atoms with Crippen LogP contribution in [0.1, 0.15) is 16.7 Å². The fourth-order valence-corrected chi connectivity index (χ4v) is 8.16. The van der Waals surface area contributed by atoms with Gasteiger partial charge in [0.1, 0.15) is 0 Å². The summed E-state index contributed by atoms with van der Waals surface area (Å²) in [4.78, 5) is 4.67. The van der Waals surface area contributed by atoms with Gasteiger partial charge >= 0.3 is 0 Å². The number of hydrogen-bond acceptors (Lipinski definition) is 4. The minimum absolute atomic E-state index is 0.551. The zero-order valence-electron chi connectivity index (χ0n) is 29.8. The van der Waals surface area contributed by atoms with Gasteiger partial charge in [-0.1, -0.05) is 78.9 Å². The molecule has 258 valence electrons. The van der Waals surface area contributed by atoms with Gasteiger partial charge < -0.3 is 9.13 Å². The molecule has 7 aromatic carbocycles. The lowest BCUT2D eigenvalue weighted by atomic mass is 10.00. The highest BCUT2D eigenvalue weighted by molar-refractivity contribution is 6.12. The summed E-state index contributed by atoms with van der Waals surface area (Å²) in [7, 11) is 0. The molecule has 56 heavy (non-hydrogen) atoms. The Balaban J connectivity index is 1.21. The highest BCUT2D eigenvalue weighted by atomic mass is 15.0. The highest BCUT2D eigenvalue weighted by Crippen LogP contribution is 2.42. The van der Waals surface area contributed by atoms with Crippen LogP contribution in [0.2, 0.25) is 0 Å². The van der Waals surface area contributed by atoms with Crippen molar-refractivity contribution in [1.82, 2.24) is 14.1 Å². The molecule has 0 unspecified atom stereocenters. The van der Waals surface area contributed by atoms with E-state index in [1.807, 2.05) is 85.2 Å². The van der Waals surface area contributed by atoms with Crippen LogP contribution in [0, 0.1) is 34.0 Å². The van der Waals surface area contributed by atoms with Crippen molar-refractivity contribution in [2.45, 2.75) is 0 Å². The Labute approximate surface area is 322 Å². The van der Waals surface area contributed by atoms with Crippen LogP contribution in [0.5, 0.6) is 0 Å². The molecule has 0 aliphatic heterocycles. The van der Waals surface area contributed by atoms with Gasteiger partial charge in [-0.05, 0) is 101 Å². The minimum atomic E-state index is 0.551. The Morgan fingerprint density at radius 2 is 0.875 bits per heavy atom. The van der Waals surface area contributed by atoms with Crippen molar-refractivity contribution >= 4 is 43.6 Å². The van der Waals surface area contributed by atoms with E-state index in [0.717, 1.165) is 88.4 Å². The first-order chi connectivity index (χ1) is 27.6. The van der Waals surface area contributed by atoms with E-state index in [-0.39, 0.29) is 0 Å². The molecule has 3 heterocycles. The molecule has 6 nitrogen and oxygen atoms in total. The second-order valence-electron chi connectivity index (χ2n) is 13.8. The Bertz CT molecular complexity index is 3360. The van der Waals surface area contributed by atoms with Crippen LogP contribution in [0.25, 0.3) is 88.4 Å². The summed E-state index contributed by atoms with van der Waals surface area (Å²) in [5.74, 6) is 0. The second kappa shape index (κ2) is 13.0. The molecule has 6 heteroatoms. The summed E-state index contributed by atoms with van der Waals surface area (Å²) in [6, 6.07) is 59.9. The first-order valence-corrected chi connectivity index (χ1v) is 18.2. The lowest BCUT2D eigenvalue weighted by molar-refractivity contribution is 1.14. The molecule has 3 aromatic heterocycles. The van der Waals surface area contributed by atoms with Crippen molar-refractivity contribution in [2.75, 3.05) is 0 Å². The lowest BCUT2D eigenvalue weighted by Gasteiger charge is -2.18. The standard InChI is InChI=1S/C50H28N6/c51-28-32-7-5-9-35(23-32)37-16-19-47-42(26-37)39-11-1-3-13-45(39)55(47)49-21-22-54-31-44(49)41-18-15-34(30-53)25-50(41)56-46-14-4-2-12-40(46)43-27-38(17-20-48(43)56)36-10-6-8-33(24-36)29-52/h1-27,31H. The molecular weight excluding hydrogens is 685 g/mol. The van der Waals surface area contributed by atoms with E-state index >= 15 is 0 Å². The predicted molar refractivity (Wildman–Crippen MR) is 223 cm³/mol. The van der Waals surface area contributed by atoms with Gasteiger partial charge in [0.25, 0.3) is 0 Å². The van der Waals surface area contributed by atoms with Crippen molar-refractivity contribution in [3.8, 4) is 63.0 Å². The van der Waals surface area contributed by atoms with E-state index in [1.165, 1.54) is 0 Å². The molecule has 0 amide bonds. The zero-order valence-corrected chi connectivity index (χ0v) is 29.8. The van der Waals surface area contributed by atoms with Crippen molar-refractivity contribution < 1.29 is 0 Å². The number of hydrogen-bond donors (Lipinski definition) is 0. The smallest absolute Gasteiger partial charge is 0.0992 e. The quantitative estimate of drug-likeness (QED) is 0.177.